The summed E-state index contributed by atoms with van der Waals surface area (Å²) in [6.45, 7) is 6.09. The van der Waals surface area contributed by atoms with Crippen molar-refractivity contribution < 1.29 is 0 Å². The molecule has 3 heteroatoms. The molecule has 0 fully saturated rings. The molecule has 0 aliphatic rings. The third-order valence-corrected chi connectivity index (χ3v) is 2.01. The molecule has 0 aromatic carbocycles. The van der Waals surface area contributed by atoms with E-state index < -0.39 is 0 Å². The molecule has 0 atom stereocenters. The molecule has 81 valence electrons. The van der Waals surface area contributed by atoms with Crippen LogP contribution in [0.3, 0.4) is 0 Å². The number of hydrogen-bond acceptors (Lipinski definition) is 2. The van der Waals surface area contributed by atoms with Gasteiger partial charge in [0.05, 0.1) is 0 Å². The minimum atomic E-state index is 0.754. The molecule has 0 saturated carbocycles. The quantitative estimate of drug-likeness (QED) is 0.416. The fourth-order valence-electron chi connectivity index (χ4n) is 1.10. The van der Waals surface area contributed by atoms with Crippen molar-refractivity contribution in [2.24, 2.45) is 10.7 Å². The molecule has 0 amide bonds. The predicted octanol–water partition coefficient (Wildman–Crippen LogP) is 2.52. The van der Waals surface area contributed by atoms with Crippen LogP contribution in [0.5, 0.6) is 0 Å². The molecule has 2 N–H and O–H groups in total. The Balaban J connectivity index is 4.64. The lowest BCUT2D eigenvalue weighted by Crippen LogP contribution is -1.99. The van der Waals surface area contributed by atoms with Crippen molar-refractivity contribution in [1.29, 1.82) is 0 Å². The van der Waals surface area contributed by atoms with Gasteiger partial charge in [-0.05, 0) is 25.0 Å². The second kappa shape index (κ2) is 8.10. The van der Waals surface area contributed by atoms with Gasteiger partial charge < -0.3 is 5.73 Å². The van der Waals surface area contributed by atoms with Crippen LogP contribution in [0.15, 0.2) is 40.0 Å². The minimum Gasteiger partial charge on any atom is -0.398 e. The fourth-order valence-corrected chi connectivity index (χ4v) is 1.10. The van der Waals surface area contributed by atoms with E-state index in [0.29, 0.717) is 0 Å². The third kappa shape index (κ3) is 5.94. The molecule has 15 heavy (non-hydrogen) atoms. The predicted molar refractivity (Wildman–Crippen MR) is 70.4 cm³/mol. The molecule has 0 bridgehead atoms. The first-order valence-electron chi connectivity index (χ1n) is 5.21. The van der Waals surface area contributed by atoms with Crippen molar-refractivity contribution in [3.63, 3.8) is 0 Å². The Hall–Kier alpha value is -1.25. The lowest BCUT2D eigenvalue weighted by atomic mass is 9.72. The number of nitrogens with zero attached hydrogens (tertiary/aromatic N) is 1. The van der Waals surface area contributed by atoms with E-state index in [1.807, 2.05) is 25.9 Å². The highest BCUT2D eigenvalue weighted by Crippen LogP contribution is 2.02. The van der Waals surface area contributed by atoms with Crippen LogP contribution in [0, 0.1) is 0 Å². The van der Waals surface area contributed by atoms with Gasteiger partial charge in [0, 0.05) is 19.0 Å². The van der Waals surface area contributed by atoms with E-state index in [1.54, 1.807) is 13.3 Å². The second-order valence-electron chi connectivity index (χ2n) is 3.26. The first-order chi connectivity index (χ1) is 7.15. The summed E-state index contributed by atoms with van der Waals surface area (Å²) in [4.78, 5) is 3.92. The number of aliphatic imine (C=N–C) groups is 1. The normalized spacial score (nSPS) is 14.8. The smallest absolute Gasteiger partial charge is 0.147 e. The second-order valence-corrected chi connectivity index (χ2v) is 3.26. The molecule has 2 nitrogen and oxygen atoms in total. The van der Waals surface area contributed by atoms with E-state index in [4.69, 9.17) is 5.73 Å². The molecule has 0 rings (SSSR count). The van der Waals surface area contributed by atoms with Gasteiger partial charge in [0.1, 0.15) is 7.28 Å². The summed E-state index contributed by atoms with van der Waals surface area (Å²) >= 11 is 0. The van der Waals surface area contributed by atoms with Crippen LogP contribution in [0.2, 0.25) is 6.82 Å². The monoisotopic (exact) mass is 203 g/mol. The van der Waals surface area contributed by atoms with Gasteiger partial charge in [-0.15, -0.1) is 0 Å². The zero-order chi connectivity index (χ0) is 11.7. The van der Waals surface area contributed by atoms with Gasteiger partial charge in [0.2, 0.25) is 0 Å². The maximum atomic E-state index is 5.86. The molecule has 0 spiro atoms. The fraction of sp³-hybridized carbons (Fsp3) is 0.417. The molecule has 0 aliphatic carbocycles. The average molecular weight is 203 g/mol. The maximum absolute atomic E-state index is 5.86. The highest BCUT2D eigenvalue weighted by atomic mass is 14.6. The summed E-state index contributed by atoms with van der Waals surface area (Å²) in [5.41, 5.74) is 8.80. The van der Waals surface area contributed by atoms with Crippen molar-refractivity contribution in [2.45, 2.75) is 27.1 Å². The maximum Gasteiger partial charge on any atom is 0.147 e. The van der Waals surface area contributed by atoms with Crippen molar-refractivity contribution in [3.05, 3.63) is 35.0 Å². The van der Waals surface area contributed by atoms with Crippen LogP contribution < -0.4 is 5.73 Å². The molecular formula is C12H20BN2. The van der Waals surface area contributed by atoms with Crippen LogP contribution in [0.1, 0.15) is 20.3 Å². The van der Waals surface area contributed by atoms with E-state index in [-0.39, 0.29) is 0 Å². The highest BCUT2D eigenvalue weighted by Gasteiger charge is 1.91. The largest absolute Gasteiger partial charge is 0.398 e. The van der Waals surface area contributed by atoms with Crippen molar-refractivity contribution >= 4 is 13.5 Å². The molecule has 0 aromatic rings. The summed E-state index contributed by atoms with van der Waals surface area (Å²) in [6.07, 6.45) is 8.89. The summed E-state index contributed by atoms with van der Waals surface area (Å²) in [7, 11) is 3.80. The van der Waals surface area contributed by atoms with Gasteiger partial charge in [0.25, 0.3) is 0 Å². The van der Waals surface area contributed by atoms with Gasteiger partial charge in [-0.1, -0.05) is 31.4 Å². The average Bonchev–Trinajstić information content (AvgIpc) is 2.24. The Morgan fingerprint density at radius 2 is 2.07 bits per heavy atom. The summed E-state index contributed by atoms with van der Waals surface area (Å²) < 4.78 is 0. The highest BCUT2D eigenvalue weighted by molar-refractivity contribution is 6.44. The van der Waals surface area contributed by atoms with Crippen LogP contribution in [0.4, 0.5) is 0 Å². The lowest BCUT2D eigenvalue weighted by molar-refractivity contribution is 1.22. The van der Waals surface area contributed by atoms with Crippen molar-refractivity contribution in [2.75, 3.05) is 7.05 Å². The van der Waals surface area contributed by atoms with E-state index in [1.165, 1.54) is 5.47 Å². The molecule has 1 radical (unpaired) electrons. The van der Waals surface area contributed by atoms with Crippen molar-refractivity contribution in [1.82, 2.24) is 0 Å². The van der Waals surface area contributed by atoms with Gasteiger partial charge in [-0.25, -0.2) is 0 Å². The summed E-state index contributed by atoms with van der Waals surface area (Å²) in [5, 5.41) is 0. The molecule has 0 aliphatic heterocycles. The van der Waals surface area contributed by atoms with E-state index in [2.05, 4.69) is 25.3 Å². The zero-order valence-electron chi connectivity index (χ0n) is 10.1. The number of allylic oxidation sites excluding steroid dienone is 5. The summed E-state index contributed by atoms with van der Waals surface area (Å²) in [6, 6.07) is 0. The van der Waals surface area contributed by atoms with Crippen molar-refractivity contribution in [3.8, 4) is 0 Å². The standard InChI is InChI=1S/C12H20BN2/c1-5-6-11(13-3)7-8-12(14)10(2)9-15-4/h6-9H,5,14H2,1-4H3/b8-7-,11-6-,12-10?,15-9?. The van der Waals surface area contributed by atoms with Gasteiger partial charge >= 0.3 is 0 Å². The Kier molecular flexibility index (Phi) is 7.42. The lowest BCUT2D eigenvalue weighted by Gasteiger charge is -1.98. The Morgan fingerprint density at radius 3 is 2.53 bits per heavy atom. The third-order valence-electron chi connectivity index (χ3n) is 2.01. The van der Waals surface area contributed by atoms with Crippen LogP contribution >= 0.6 is 0 Å². The summed E-state index contributed by atoms with van der Waals surface area (Å²) in [5.74, 6) is 0. The number of rotatable bonds is 5. The molecular weight excluding hydrogens is 183 g/mol. The first kappa shape index (κ1) is 13.8. The topological polar surface area (TPSA) is 38.4 Å². The SMILES string of the molecule is C[B]C(/C=C\C(N)=C(C)C=NC)=C\CC. The van der Waals surface area contributed by atoms with Gasteiger partial charge in [-0.3, -0.25) is 4.99 Å². The van der Waals surface area contributed by atoms with E-state index >= 15 is 0 Å². The van der Waals surface area contributed by atoms with Crippen LogP contribution in [-0.2, 0) is 0 Å². The Labute approximate surface area is 93.9 Å². The van der Waals surface area contributed by atoms with E-state index in [9.17, 15) is 0 Å². The number of hydrogen-bond donors (Lipinski definition) is 1. The van der Waals surface area contributed by atoms with Gasteiger partial charge in [0.15, 0.2) is 0 Å². The van der Waals surface area contributed by atoms with E-state index in [0.717, 1.165) is 17.7 Å². The molecule has 0 aromatic heterocycles. The van der Waals surface area contributed by atoms with Crippen LogP contribution in [-0.4, -0.2) is 20.5 Å². The first-order valence-corrected chi connectivity index (χ1v) is 5.21. The molecule has 0 heterocycles. The Morgan fingerprint density at radius 1 is 1.40 bits per heavy atom. The Bertz CT molecular complexity index is 299. The van der Waals surface area contributed by atoms with Crippen LogP contribution in [0.25, 0.3) is 0 Å². The number of nitrogens with two attached hydrogens (primary N) is 1. The van der Waals surface area contributed by atoms with Gasteiger partial charge in [-0.2, -0.15) is 0 Å². The minimum absolute atomic E-state index is 0.754. The zero-order valence-corrected chi connectivity index (χ0v) is 10.1. The molecule has 0 saturated heterocycles. The molecule has 0 unspecified atom stereocenters.